The molecule has 0 spiro atoms. The zero-order valence-corrected chi connectivity index (χ0v) is 12.4. The van der Waals surface area contributed by atoms with Crippen molar-refractivity contribution in [3.8, 4) is 5.75 Å². The summed E-state index contributed by atoms with van der Waals surface area (Å²) in [6, 6.07) is 9.83. The van der Waals surface area contributed by atoms with E-state index in [4.69, 9.17) is 9.47 Å². The van der Waals surface area contributed by atoms with Crippen LogP contribution in [0.2, 0.25) is 0 Å². The van der Waals surface area contributed by atoms with Crippen LogP contribution in [0.25, 0.3) is 0 Å². The molecule has 0 aliphatic rings. The summed E-state index contributed by atoms with van der Waals surface area (Å²) in [5, 5.41) is 6.40. The molecule has 0 amide bonds. The highest BCUT2D eigenvalue weighted by atomic mass is 16.5. The quantitative estimate of drug-likeness (QED) is 0.410. The Morgan fingerprint density at radius 3 is 2.65 bits per heavy atom. The van der Waals surface area contributed by atoms with Crippen molar-refractivity contribution in [3.05, 3.63) is 30.3 Å². The van der Waals surface area contributed by atoms with Crippen LogP contribution in [0.4, 0.5) is 0 Å². The molecule has 0 bridgehead atoms. The topological polar surface area (TPSA) is 54.9 Å². The average molecular weight is 279 g/mol. The first kappa shape index (κ1) is 16.3. The van der Waals surface area contributed by atoms with Crippen molar-refractivity contribution in [2.45, 2.75) is 13.3 Å². The molecule has 1 aromatic rings. The Morgan fingerprint density at radius 2 is 1.95 bits per heavy atom. The molecule has 0 aromatic heterocycles. The van der Waals surface area contributed by atoms with Gasteiger partial charge in [-0.1, -0.05) is 18.2 Å². The molecule has 1 aromatic carbocycles. The second-order valence-corrected chi connectivity index (χ2v) is 4.20. The number of methoxy groups -OCH3 is 1. The highest BCUT2D eigenvalue weighted by molar-refractivity contribution is 5.79. The average Bonchev–Trinajstić information content (AvgIpc) is 2.48. The predicted molar refractivity (Wildman–Crippen MR) is 82.4 cm³/mol. The molecular weight excluding hydrogens is 254 g/mol. The van der Waals surface area contributed by atoms with Gasteiger partial charge in [0.05, 0.1) is 13.2 Å². The lowest BCUT2D eigenvalue weighted by molar-refractivity contribution is 0.203. The van der Waals surface area contributed by atoms with Gasteiger partial charge in [0.25, 0.3) is 0 Å². The van der Waals surface area contributed by atoms with Gasteiger partial charge in [-0.2, -0.15) is 0 Å². The van der Waals surface area contributed by atoms with E-state index in [1.165, 1.54) is 0 Å². The summed E-state index contributed by atoms with van der Waals surface area (Å²) in [5.41, 5.74) is 0. The van der Waals surface area contributed by atoms with Gasteiger partial charge in [0, 0.05) is 33.2 Å². The van der Waals surface area contributed by atoms with E-state index in [2.05, 4.69) is 15.6 Å². The summed E-state index contributed by atoms with van der Waals surface area (Å²) in [7, 11) is 1.69. The zero-order valence-electron chi connectivity index (χ0n) is 12.4. The van der Waals surface area contributed by atoms with Gasteiger partial charge in [-0.25, -0.2) is 0 Å². The van der Waals surface area contributed by atoms with Crippen molar-refractivity contribution in [1.82, 2.24) is 10.6 Å². The molecule has 0 aliphatic heterocycles. The maximum Gasteiger partial charge on any atom is 0.191 e. The van der Waals surface area contributed by atoms with Crippen molar-refractivity contribution in [2.24, 2.45) is 4.99 Å². The molecule has 0 saturated heterocycles. The zero-order chi connectivity index (χ0) is 14.5. The van der Waals surface area contributed by atoms with Crippen LogP contribution >= 0.6 is 0 Å². The largest absolute Gasteiger partial charge is 0.494 e. The van der Waals surface area contributed by atoms with Crippen molar-refractivity contribution < 1.29 is 9.47 Å². The van der Waals surface area contributed by atoms with Crippen LogP contribution in [0.1, 0.15) is 13.3 Å². The molecule has 20 heavy (non-hydrogen) atoms. The van der Waals surface area contributed by atoms with Crippen molar-refractivity contribution in [2.75, 3.05) is 40.0 Å². The normalized spacial score (nSPS) is 11.2. The SMILES string of the molecule is CCNC(=NCCCOc1ccccc1)NCCOC. The van der Waals surface area contributed by atoms with Crippen LogP contribution in [0.5, 0.6) is 5.75 Å². The molecule has 0 atom stereocenters. The minimum atomic E-state index is 0.668. The first-order valence-corrected chi connectivity index (χ1v) is 7.05. The summed E-state index contributed by atoms with van der Waals surface area (Å²) >= 11 is 0. The van der Waals surface area contributed by atoms with E-state index in [1.54, 1.807) is 7.11 Å². The number of hydrogen-bond donors (Lipinski definition) is 2. The summed E-state index contributed by atoms with van der Waals surface area (Å²) < 4.78 is 10.6. The number of nitrogens with one attached hydrogen (secondary N) is 2. The Kier molecular flexibility index (Phi) is 9.06. The molecule has 0 unspecified atom stereocenters. The van der Waals surface area contributed by atoms with Crippen LogP contribution in [-0.2, 0) is 4.74 Å². The fourth-order valence-corrected chi connectivity index (χ4v) is 1.58. The Hall–Kier alpha value is -1.75. The van der Waals surface area contributed by atoms with Gasteiger partial charge in [-0.15, -0.1) is 0 Å². The van der Waals surface area contributed by atoms with Crippen LogP contribution in [-0.4, -0.2) is 45.9 Å². The molecule has 0 aliphatic carbocycles. The van der Waals surface area contributed by atoms with E-state index >= 15 is 0 Å². The highest BCUT2D eigenvalue weighted by Gasteiger charge is 1.96. The fraction of sp³-hybridized carbons (Fsp3) is 0.533. The lowest BCUT2D eigenvalue weighted by atomic mass is 10.3. The number of benzene rings is 1. The van der Waals surface area contributed by atoms with Crippen molar-refractivity contribution >= 4 is 5.96 Å². The van der Waals surface area contributed by atoms with Gasteiger partial charge in [0.1, 0.15) is 5.75 Å². The highest BCUT2D eigenvalue weighted by Crippen LogP contribution is 2.08. The van der Waals surface area contributed by atoms with Gasteiger partial charge >= 0.3 is 0 Å². The summed E-state index contributed by atoms with van der Waals surface area (Å²) in [6.45, 7) is 5.72. The number of guanidine groups is 1. The summed E-state index contributed by atoms with van der Waals surface area (Å²) in [5.74, 6) is 1.73. The van der Waals surface area contributed by atoms with Crippen LogP contribution in [0.15, 0.2) is 35.3 Å². The first-order valence-electron chi connectivity index (χ1n) is 7.05. The number of ether oxygens (including phenoxy) is 2. The first-order chi connectivity index (χ1) is 9.86. The van der Waals surface area contributed by atoms with E-state index in [0.29, 0.717) is 13.2 Å². The number of rotatable bonds is 9. The number of aliphatic imine (C=N–C) groups is 1. The van der Waals surface area contributed by atoms with E-state index < -0.39 is 0 Å². The molecule has 0 saturated carbocycles. The van der Waals surface area contributed by atoms with Gasteiger partial charge in [0.15, 0.2) is 5.96 Å². The van der Waals surface area contributed by atoms with E-state index in [0.717, 1.165) is 37.8 Å². The second-order valence-electron chi connectivity index (χ2n) is 4.20. The Morgan fingerprint density at radius 1 is 1.15 bits per heavy atom. The molecule has 2 N–H and O–H groups in total. The Bertz CT molecular complexity index is 369. The van der Waals surface area contributed by atoms with E-state index in [-0.39, 0.29) is 0 Å². The number of para-hydroxylation sites is 1. The molecule has 0 fully saturated rings. The smallest absolute Gasteiger partial charge is 0.191 e. The minimum Gasteiger partial charge on any atom is -0.494 e. The van der Waals surface area contributed by atoms with Gasteiger partial charge < -0.3 is 20.1 Å². The monoisotopic (exact) mass is 279 g/mol. The predicted octanol–water partition coefficient (Wildman–Crippen LogP) is 1.66. The molecule has 0 radical (unpaired) electrons. The van der Waals surface area contributed by atoms with Gasteiger partial charge in [-0.05, 0) is 19.1 Å². The molecular formula is C15H25N3O2. The van der Waals surface area contributed by atoms with Crippen LogP contribution in [0.3, 0.4) is 0 Å². The third-order valence-electron chi connectivity index (χ3n) is 2.53. The Labute approximate surface area is 121 Å². The molecule has 5 nitrogen and oxygen atoms in total. The van der Waals surface area contributed by atoms with Crippen LogP contribution < -0.4 is 15.4 Å². The maximum absolute atomic E-state index is 5.62. The van der Waals surface area contributed by atoms with Crippen LogP contribution in [0, 0.1) is 0 Å². The van der Waals surface area contributed by atoms with E-state index in [1.807, 2.05) is 37.3 Å². The third kappa shape index (κ3) is 7.63. The lowest BCUT2D eigenvalue weighted by Gasteiger charge is -2.10. The molecule has 5 heteroatoms. The van der Waals surface area contributed by atoms with Gasteiger partial charge in [-0.3, -0.25) is 4.99 Å². The van der Waals surface area contributed by atoms with Gasteiger partial charge in [0.2, 0.25) is 0 Å². The molecule has 1 rings (SSSR count). The fourth-order valence-electron chi connectivity index (χ4n) is 1.58. The molecule has 0 heterocycles. The van der Waals surface area contributed by atoms with Crippen molar-refractivity contribution in [1.29, 1.82) is 0 Å². The number of nitrogens with zero attached hydrogens (tertiary/aromatic N) is 1. The van der Waals surface area contributed by atoms with Crippen molar-refractivity contribution in [3.63, 3.8) is 0 Å². The lowest BCUT2D eigenvalue weighted by Crippen LogP contribution is -2.39. The maximum atomic E-state index is 5.62. The number of hydrogen-bond acceptors (Lipinski definition) is 3. The summed E-state index contributed by atoms with van der Waals surface area (Å²) in [6.07, 6.45) is 0.885. The van der Waals surface area contributed by atoms with E-state index in [9.17, 15) is 0 Å². The Balaban J connectivity index is 2.19. The summed E-state index contributed by atoms with van der Waals surface area (Å²) in [4.78, 5) is 4.48. The minimum absolute atomic E-state index is 0.668. The standard InChI is InChI=1S/C15H25N3O2/c1-3-16-15(18-11-13-19-2)17-10-7-12-20-14-8-5-4-6-9-14/h4-6,8-9H,3,7,10-13H2,1-2H3,(H2,16,17,18). The third-order valence-corrected chi connectivity index (χ3v) is 2.53. The second kappa shape index (κ2) is 11.1. The molecule has 112 valence electrons.